The zero-order valence-corrected chi connectivity index (χ0v) is 3.54. The molecule has 0 heterocycles. The quantitative estimate of drug-likeness (QED) is 0.459. The predicted octanol–water partition coefficient (Wildman–Crippen LogP) is 1.49. The molecule has 5 heavy (non-hydrogen) atoms. The fourth-order valence-electron chi connectivity index (χ4n) is 0. The minimum absolute atomic E-state index is 0. The Morgan fingerprint density at radius 2 is 0.800 bits per heavy atom. The van der Waals surface area contributed by atoms with Gasteiger partial charge in [-0.05, 0) is 0 Å². The van der Waals surface area contributed by atoms with Gasteiger partial charge in [-0.2, -0.15) is 0 Å². The first-order valence-electron chi connectivity index (χ1n) is 1.50. The molecule has 0 aliphatic heterocycles. The summed E-state index contributed by atoms with van der Waals surface area (Å²) in [6.45, 7) is 0. The lowest BCUT2D eigenvalue weighted by atomic mass is 11.0. The van der Waals surface area contributed by atoms with E-state index in [2.05, 4.69) is 0 Å². The normalized spacial score (nSPS) is 14.4. The lowest BCUT2D eigenvalue weighted by Crippen LogP contribution is -0.856. The summed E-state index contributed by atoms with van der Waals surface area (Å²) in [5.41, 5.74) is 0. The van der Waals surface area contributed by atoms with Crippen molar-refractivity contribution in [1.29, 1.82) is 0 Å². The van der Waals surface area contributed by atoms with E-state index in [1.807, 2.05) is 0 Å². The van der Waals surface area contributed by atoms with Gasteiger partial charge in [-0.15, -0.1) is 0 Å². The molecule has 0 atom stereocenters. The second-order valence-electron chi connectivity index (χ2n) is 1.06. The summed E-state index contributed by atoms with van der Waals surface area (Å²) in [5, 5.41) is 0. The highest BCUT2D eigenvalue weighted by Gasteiger charge is 1.95. The zero-order chi connectivity index (χ0) is 2.12. The summed E-state index contributed by atoms with van der Waals surface area (Å²) in [5.74, 6) is 0. The lowest BCUT2D eigenvalue weighted by molar-refractivity contribution is 1.50. The molecule has 0 amide bonds. The van der Waals surface area contributed by atoms with Crippen molar-refractivity contribution in [2.45, 2.75) is 19.3 Å². The van der Waals surface area contributed by atoms with Crippen molar-refractivity contribution in [2.75, 3.05) is 0 Å². The van der Waals surface area contributed by atoms with Crippen molar-refractivity contribution < 1.29 is 0 Å². The molecule has 0 spiro atoms. The third-order valence-corrected chi connectivity index (χ3v) is 0.354. The van der Waals surface area contributed by atoms with Crippen LogP contribution in [0.1, 0.15) is 19.3 Å². The molecule has 2 heteroatoms. The summed E-state index contributed by atoms with van der Waals surface area (Å²) in [4.78, 5) is 0. The predicted molar refractivity (Wildman–Crippen MR) is 23.9 cm³/mol. The Bertz CT molecular complexity index is 9.61. The van der Waals surface area contributed by atoms with Gasteiger partial charge in [0.05, 0.1) is 0 Å². The minimum atomic E-state index is 0. The van der Waals surface area contributed by atoms with Crippen LogP contribution in [0.3, 0.4) is 0 Å². The molecule has 0 aromatic carbocycles. The largest absolute Gasteiger partial charge is 0.344 e. The average molecular weight is 76.1 g/mol. The minimum Gasteiger partial charge on any atom is -0.344 e. The first-order valence-corrected chi connectivity index (χ1v) is 1.50. The van der Waals surface area contributed by atoms with Crippen LogP contribution in [-0.4, -0.2) is 0 Å². The maximum atomic E-state index is 1.50. The third-order valence-electron chi connectivity index (χ3n) is 0.354. The van der Waals surface area contributed by atoms with E-state index < -0.39 is 0 Å². The highest BCUT2D eigenvalue weighted by atomic mass is 14.0. The average Bonchev–Trinajstić information content (AvgIpc) is 1.46. The number of hydrogen-bond acceptors (Lipinski definition) is 2. The summed E-state index contributed by atoms with van der Waals surface area (Å²) in [6, 6.07) is 0. The highest BCUT2D eigenvalue weighted by Crippen LogP contribution is 2.14. The van der Waals surface area contributed by atoms with E-state index in [1.54, 1.807) is 0 Å². The van der Waals surface area contributed by atoms with Crippen LogP contribution >= 0.6 is 0 Å². The van der Waals surface area contributed by atoms with Crippen molar-refractivity contribution in [1.82, 2.24) is 12.3 Å². The van der Waals surface area contributed by atoms with Crippen LogP contribution in [0.25, 0.3) is 0 Å². The Balaban J connectivity index is 0. The van der Waals surface area contributed by atoms with Crippen LogP contribution in [0, 0.1) is 0 Å². The van der Waals surface area contributed by atoms with E-state index in [0.29, 0.717) is 0 Å². The van der Waals surface area contributed by atoms with Crippen LogP contribution < -0.4 is 12.3 Å². The van der Waals surface area contributed by atoms with Crippen molar-refractivity contribution >= 4 is 0 Å². The van der Waals surface area contributed by atoms with Gasteiger partial charge in [0.15, 0.2) is 0 Å². The van der Waals surface area contributed by atoms with Gasteiger partial charge in [0.1, 0.15) is 0 Å². The Hall–Kier alpha value is -0.0800. The first kappa shape index (κ1) is 8.87. The zero-order valence-electron chi connectivity index (χ0n) is 3.54. The standard InChI is InChI=1S/C3H6.2H3N/c1-2-3-1;;/h1-3H2;2*1H3. The Labute approximate surface area is 32.7 Å². The van der Waals surface area contributed by atoms with Gasteiger partial charge in [0.25, 0.3) is 0 Å². The van der Waals surface area contributed by atoms with E-state index in [9.17, 15) is 0 Å². The molecule has 2 nitrogen and oxygen atoms in total. The molecule has 0 aromatic heterocycles. The lowest BCUT2D eigenvalue weighted by Gasteiger charge is -1.05. The second kappa shape index (κ2) is 3.92. The van der Waals surface area contributed by atoms with E-state index in [1.165, 1.54) is 19.3 Å². The summed E-state index contributed by atoms with van der Waals surface area (Å²) in [6.07, 6.45) is 4.50. The topological polar surface area (TPSA) is 70.0 Å². The van der Waals surface area contributed by atoms with Gasteiger partial charge >= 0.3 is 0 Å². The molecule has 0 aromatic rings. The summed E-state index contributed by atoms with van der Waals surface area (Å²) >= 11 is 0. The first-order chi connectivity index (χ1) is 1.50. The molecule has 6 N–H and O–H groups in total. The van der Waals surface area contributed by atoms with Gasteiger partial charge < -0.3 is 12.3 Å². The monoisotopic (exact) mass is 76.1 g/mol. The summed E-state index contributed by atoms with van der Waals surface area (Å²) in [7, 11) is 0. The van der Waals surface area contributed by atoms with Crippen molar-refractivity contribution in [3.63, 3.8) is 0 Å². The fraction of sp³-hybridized carbons (Fsp3) is 1.00. The van der Waals surface area contributed by atoms with Crippen LogP contribution in [0.5, 0.6) is 0 Å². The molecular formula is C3H12N2. The van der Waals surface area contributed by atoms with E-state index in [0.717, 1.165) is 0 Å². The van der Waals surface area contributed by atoms with Crippen molar-refractivity contribution in [2.24, 2.45) is 0 Å². The molecule has 0 radical (unpaired) electrons. The second-order valence-corrected chi connectivity index (χ2v) is 1.06. The third kappa shape index (κ3) is 17.1. The molecule has 1 rings (SSSR count). The van der Waals surface area contributed by atoms with Crippen molar-refractivity contribution in [3.8, 4) is 0 Å². The van der Waals surface area contributed by atoms with Gasteiger partial charge in [-0.25, -0.2) is 0 Å². The van der Waals surface area contributed by atoms with E-state index in [4.69, 9.17) is 0 Å². The van der Waals surface area contributed by atoms with E-state index in [-0.39, 0.29) is 12.3 Å². The van der Waals surface area contributed by atoms with Crippen LogP contribution in [-0.2, 0) is 0 Å². The SMILES string of the molecule is C1CC1.N.N. The Morgan fingerprint density at radius 1 is 0.600 bits per heavy atom. The highest BCUT2D eigenvalue weighted by molar-refractivity contribution is 4.50. The molecule has 34 valence electrons. The van der Waals surface area contributed by atoms with Gasteiger partial charge in [0, 0.05) is 0 Å². The van der Waals surface area contributed by atoms with Gasteiger partial charge in [-0.3, -0.25) is 0 Å². The van der Waals surface area contributed by atoms with Gasteiger partial charge in [-0.1, -0.05) is 19.3 Å². The van der Waals surface area contributed by atoms with Crippen LogP contribution in [0.15, 0.2) is 0 Å². The summed E-state index contributed by atoms with van der Waals surface area (Å²) < 4.78 is 0. The Morgan fingerprint density at radius 3 is 0.800 bits per heavy atom. The van der Waals surface area contributed by atoms with Crippen LogP contribution in [0.2, 0.25) is 0 Å². The molecule has 1 saturated carbocycles. The Kier molecular flexibility index (Phi) is 6.95. The van der Waals surface area contributed by atoms with Crippen LogP contribution in [0.4, 0.5) is 0 Å². The molecule has 1 aliphatic carbocycles. The maximum Gasteiger partial charge on any atom is -0.0533 e. The smallest absolute Gasteiger partial charge is 0.0533 e. The molecule has 1 fully saturated rings. The molecule has 0 saturated heterocycles. The molecule has 0 bridgehead atoms. The number of rotatable bonds is 0. The molecule has 0 unspecified atom stereocenters. The molecular weight excluding hydrogens is 64.0 g/mol. The maximum absolute atomic E-state index is 1.50. The van der Waals surface area contributed by atoms with Crippen molar-refractivity contribution in [3.05, 3.63) is 0 Å². The fourth-order valence-corrected chi connectivity index (χ4v) is 0. The molecule has 1 aliphatic rings. The van der Waals surface area contributed by atoms with Gasteiger partial charge in [0.2, 0.25) is 0 Å². The van der Waals surface area contributed by atoms with E-state index >= 15 is 0 Å². The number of hydrogen-bond donors (Lipinski definition) is 2.